The topological polar surface area (TPSA) is 124 Å². The zero-order valence-electron chi connectivity index (χ0n) is 18.9. The normalized spacial score (nSPS) is 14.5. The summed E-state index contributed by atoms with van der Waals surface area (Å²) in [6, 6.07) is 8.99. The van der Waals surface area contributed by atoms with Crippen LogP contribution in [0.4, 0.5) is 10.5 Å². The molecule has 1 atom stereocenters. The zero-order chi connectivity index (χ0) is 24.0. The number of ether oxygens (including phenoxy) is 2. The number of likely N-dealkylation sites (tertiary alicyclic amines) is 1. The van der Waals surface area contributed by atoms with E-state index in [0.29, 0.717) is 25.3 Å². The predicted molar refractivity (Wildman–Crippen MR) is 120 cm³/mol. The molecule has 1 aliphatic heterocycles. The summed E-state index contributed by atoms with van der Waals surface area (Å²) in [5.41, 5.74) is 0.0347. The summed E-state index contributed by atoms with van der Waals surface area (Å²) in [5.74, 6) is 0.582. The predicted octanol–water partition coefficient (Wildman–Crippen LogP) is 3.84. The average Bonchev–Trinajstić information content (AvgIpc) is 3.28. The molecule has 0 spiro atoms. The van der Waals surface area contributed by atoms with Gasteiger partial charge in [0.05, 0.1) is 4.92 Å². The lowest BCUT2D eigenvalue weighted by atomic mass is 10.0. The molecule has 1 aliphatic rings. The first kappa shape index (κ1) is 24.0. The Bertz CT molecular complexity index is 980. The number of aromatic nitrogens is 1. The van der Waals surface area contributed by atoms with E-state index in [0.717, 1.165) is 24.6 Å². The molecule has 0 saturated carbocycles. The Labute approximate surface area is 192 Å². The highest BCUT2D eigenvalue weighted by Crippen LogP contribution is 2.22. The van der Waals surface area contributed by atoms with Crippen molar-refractivity contribution in [2.24, 2.45) is 0 Å². The molecule has 33 heavy (non-hydrogen) atoms. The van der Waals surface area contributed by atoms with Crippen LogP contribution in [0.3, 0.4) is 0 Å². The van der Waals surface area contributed by atoms with Crippen LogP contribution in [0.5, 0.6) is 11.6 Å². The summed E-state index contributed by atoms with van der Waals surface area (Å²) in [6.07, 6.45) is 2.69. The molecule has 1 aromatic heterocycles. The van der Waals surface area contributed by atoms with E-state index in [1.807, 2.05) is 0 Å². The first-order valence-electron chi connectivity index (χ1n) is 10.8. The molecule has 0 unspecified atom stereocenters. The summed E-state index contributed by atoms with van der Waals surface area (Å²) >= 11 is 0. The van der Waals surface area contributed by atoms with Crippen molar-refractivity contribution in [1.29, 1.82) is 0 Å². The Morgan fingerprint density at radius 1 is 1.15 bits per heavy atom. The number of benzene rings is 1. The van der Waals surface area contributed by atoms with Gasteiger partial charge in [0.2, 0.25) is 11.8 Å². The second-order valence-electron chi connectivity index (χ2n) is 8.79. The SMILES string of the molecule is CC(C)(C)OC(=O)N[C@@H](Cc1ccc(Oc2ccc([N+](=O)[O-])cn2)cc1)C(=O)N1CCCC1. The van der Waals surface area contributed by atoms with E-state index in [-0.39, 0.29) is 17.5 Å². The summed E-state index contributed by atoms with van der Waals surface area (Å²) < 4.78 is 11.0. The highest BCUT2D eigenvalue weighted by atomic mass is 16.6. The summed E-state index contributed by atoms with van der Waals surface area (Å²) in [5, 5.41) is 13.4. The number of hydrogen-bond donors (Lipinski definition) is 1. The molecule has 1 fully saturated rings. The van der Waals surface area contributed by atoms with Crippen LogP contribution in [-0.2, 0) is 16.0 Å². The number of pyridine rings is 1. The van der Waals surface area contributed by atoms with E-state index < -0.39 is 22.7 Å². The Morgan fingerprint density at radius 3 is 2.36 bits per heavy atom. The summed E-state index contributed by atoms with van der Waals surface area (Å²) in [6.45, 7) is 6.66. The minimum absolute atomic E-state index is 0.121. The zero-order valence-corrected chi connectivity index (χ0v) is 18.9. The van der Waals surface area contributed by atoms with Crippen molar-refractivity contribution in [2.45, 2.75) is 51.7 Å². The van der Waals surface area contributed by atoms with Crippen LogP contribution in [0.25, 0.3) is 0 Å². The van der Waals surface area contributed by atoms with Crippen LogP contribution >= 0.6 is 0 Å². The van der Waals surface area contributed by atoms with E-state index in [9.17, 15) is 19.7 Å². The number of nitrogens with zero attached hydrogens (tertiary/aromatic N) is 3. The third-order valence-electron chi connectivity index (χ3n) is 4.92. The lowest BCUT2D eigenvalue weighted by Gasteiger charge is -2.26. The average molecular weight is 456 g/mol. The van der Waals surface area contributed by atoms with Crippen molar-refractivity contribution in [3.05, 3.63) is 58.3 Å². The molecule has 10 nitrogen and oxygen atoms in total. The van der Waals surface area contributed by atoms with Gasteiger partial charge in [-0.05, 0) is 51.3 Å². The molecule has 176 valence electrons. The van der Waals surface area contributed by atoms with Crippen LogP contribution in [0.1, 0.15) is 39.2 Å². The molecule has 0 aliphatic carbocycles. The molecule has 2 amide bonds. The number of hydrogen-bond acceptors (Lipinski definition) is 7. The molecule has 0 bridgehead atoms. The second-order valence-corrected chi connectivity index (χ2v) is 8.79. The van der Waals surface area contributed by atoms with Gasteiger partial charge in [-0.25, -0.2) is 9.78 Å². The Balaban J connectivity index is 1.67. The van der Waals surface area contributed by atoms with Gasteiger partial charge < -0.3 is 19.7 Å². The molecular weight excluding hydrogens is 428 g/mol. The highest BCUT2D eigenvalue weighted by Gasteiger charge is 2.29. The van der Waals surface area contributed by atoms with Crippen LogP contribution in [0.15, 0.2) is 42.6 Å². The third-order valence-corrected chi connectivity index (χ3v) is 4.92. The van der Waals surface area contributed by atoms with Crippen molar-refractivity contribution in [3.8, 4) is 11.6 Å². The Morgan fingerprint density at radius 2 is 1.82 bits per heavy atom. The highest BCUT2D eigenvalue weighted by molar-refractivity contribution is 5.86. The maximum absolute atomic E-state index is 13.0. The van der Waals surface area contributed by atoms with Gasteiger partial charge in [0.1, 0.15) is 23.6 Å². The number of alkyl carbamates (subject to hydrolysis) is 1. The van der Waals surface area contributed by atoms with Crippen molar-refractivity contribution in [2.75, 3.05) is 13.1 Å². The molecule has 1 saturated heterocycles. The lowest BCUT2D eigenvalue weighted by molar-refractivity contribution is -0.385. The first-order chi connectivity index (χ1) is 15.6. The number of amides is 2. The molecule has 0 radical (unpaired) electrons. The number of carbonyl (C=O) groups excluding carboxylic acids is 2. The fraction of sp³-hybridized carbons (Fsp3) is 0.435. The third kappa shape index (κ3) is 7.16. The van der Waals surface area contributed by atoms with E-state index >= 15 is 0 Å². The van der Waals surface area contributed by atoms with Gasteiger partial charge in [0, 0.05) is 31.6 Å². The smallest absolute Gasteiger partial charge is 0.408 e. The fourth-order valence-electron chi connectivity index (χ4n) is 3.40. The summed E-state index contributed by atoms with van der Waals surface area (Å²) in [7, 11) is 0. The van der Waals surface area contributed by atoms with Gasteiger partial charge in [-0.2, -0.15) is 0 Å². The van der Waals surface area contributed by atoms with Gasteiger partial charge >= 0.3 is 6.09 Å². The molecule has 3 rings (SSSR count). The lowest BCUT2D eigenvalue weighted by Crippen LogP contribution is -2.50. The van der Waals surface area contributed by atoms with Crippen LogP contribution in [0.2, 0.25) is 0 Å². The van der Waals surface area contributed by atoms with Gasteiger partial charge in [-0.15, -0.1) is 0 Å². The first-order valence-corrected chi connectivity index (χ1v) is 10.8. The Hall–Kier alpha value is -3.69. The minimum atomic E-state index is -0.749. The minimum Gasteiger partial charge on any atom is -0.444 e. The maximum atomic E-state index is 13.0. The van der Waals surface area contributed by atoms with Gasteiger partial charge in [0.25, 0.3) is 5.69 Å². The monoisotopic (exact) mass is 456 g/mol. The second kappa shape index (κ2) is 10.3. The van der Waals surface area contributed by atoms with E-state index in [1.165, 1.54) is 12.1 Å². The molecule has 1 N–H and O–H groups in total. The van der Waals surface area contributed by atoms with Gasteiger partial charge in [-0.1, -0.05) is 12.1 Å². The summed E-state index contributed by atoms with van der Waals surface area (Å²) in [4.78, 5) is 41.2. The molecule has 2 heterocycles. The van der Waals surface area contributed by atoms with Crippen LogP contribution in [-0.4, -0.2) is 51.5 Å². The number of nitro groups is 1. The number of rotatable bonds is 7. The molecule has 1 aromatic carbocycles. The van der Waals surface area contributed by atoms with E-state index in [4.69, 9.17) is 9.47 Å². The Kier molecular flexibility index (Phi) is 7.47. The number of nitrogens with one attached hydrogen (secondary N) is 1. The molecule has 10 heteroatoms. The molecular formula is C23H28N4O6. The van der Waals surface area contributed by atoms with Gasteiger partial charge in [-0.3, -0.25) is 14.9 Å². The quantitative estimate of drug-likeness (QED) is 0.496. The number of carbonyl (C=O) groups is 2. The maximum Gasteiger partial charge on any atom is 0.408 e. The van der Waals surface area contributed by atoms with E-state index in [1.54, 1.807) is 49.9 Å². The molecule has 2 aromatic rings. The standard InChI is InChI=1S/C23H28N4O6/c1-23(2,3)33-22(29)25-19(21(28)26-12-4-5-13-26)14-16-6-9-18(10-7-16)32-20-11-8-17(15-24-20)27(30)31/h6-11,15,19H,4-5,12-14H2,1-3H3,(H,25,29)/t19-/m0/s1. The fourth-order valence-corrected chi connectivity index (χ4v) is 3.40. The van der Waals surface area contributed by atoms with Gasteiger partial charge in [0.15, 0.2) is 0 Å². The van der Waals surface area contributed by atoms with E-state index in [2.05, 4.69) is 10.3 Å². The van der Waals surface area contributed by atoms with Crippen molar-refractivity contribution < 1.29 is 24.0 Å². The largest absolute Gasteiger partial charge is 0.444 e. The van der Waals surface area contributed by atoms with Crippen molar-refractivity contribution in [1.82, 2.24) is 15.2 Å². The van der Waals surface area contributed by atoms with Crippen molar-refractivity contribution in [3.63, 3.8) is 0 Å². The van der Waals surface area contributed by atoms with Crippen LogP contribution < -0.4 is 10.1 Å². The van der Waals surface area contributed by atoms with Crippen molar-refractivity contribution >= 4 is 17.7 Å². The van der Waals surface area contributed by atoms with Crippen LogP contribution in [0, 0.1) is 10.1 Å².